The van der Waals surface area contributed by atoms with Crippen LogP contribution in [0.3, 0.4) is 0 Å². The van der Waals surface area contributed by atoms with Gasteiger partial charge in [-0.25, -0.2) is 13.6 Å². The number of ketones is 1. The quantitative estimate of drug-likeness (QED) is 0.585. The van der Waals surface area contributed by atoms with Crippen molar-refractivity contribution in [1.82, 2.24) is 0 Å². The summed E-state index contributed by atoms with van der Waals surface area (Å²) < 4.78 is 31.7. The monoisotopic (exact) mass is 240 g/mol. The molecule has 17 heavy (non-hydrogen) atoms. The summed E-state index contributed by atoms with van der Waals surface area (Å²) in [5, 5.41) is 0. The Morgan fingerprint density at radius 2 is 2.24 bits per heavy atom. The molecule has 1 aliphatic carbocycles. The van der Waals surface area contributed by atoms with Gasteiger partial charge in [-0.3, -0.25) is 4.79 Å². The molecule has 0 heterocycles. The van der Waals surface area contributed by atoms with E-state index in [4.69, 9.17) is 0 Å². The Labute approximate surface area is 96.4 Å². The first-order valence-electron chi connectivity index (χ1n) is 5.18. The third-order valence-corrected chi connectivity index (χ3v) is 2.71. The van der Waals surface area contributed by atoms with Crippen LogP contribution in [0.15, 0.2) is 18.2 Å². The number of esters is 1. The standard InChI is InChI=1S/C12H10F2O3/c1-2-17-11(16)12(14)6-7-3-4-8(13)5-9(7)10(12)15/h3-5H,2,6H2,1H3/t12-/m1/s1. The molecule has 0 spiro atoms. The second-order valence-electron chi connectivity index (χ2n) is 3.83. The van der Waals surface area contributed by atoms with Gasteiger partial charge < -0.3 is 4.74 Å². The van der Waals surface area contributed by atoms with E-state index in [1.807, 2.05) is 0 Å². The molecule has 0 aromatic heterocycles. The van der Waals surface area contributed by atoms with E-state index in [1.165, 1.54) is 13.0 Å². The Kier molecular flexibility index (Phi) is 2.69. The Balaban J connectivity index is 2.39. The molecule has 0 unspecified atom stereocenters. The predicted molar refractivity (Wildman–Crippen MR) is 54.9 cm³/mol. The third kappa shape index (κ3) is 1.71. The van der Waals surface area contributed by atoms with Crippen molar-refractivity contribution in [2.45, 2.75) is 19.0 Å². The third-order valence-electron chi connectivity index (χ3n) is 2.71. The zero-order chi connectivity index (χ0) is 12.6. The number of benzene rings is 1. The van der Waals surface area contributed by atoms with Crippen LogP contribution in [0, 0.1) is 5.82 Å². The summed E-state index contributed by atoms with van der Waals surface area (Å²) in [6.07, 6.45) is -0.389. The fraction of sp³-hybridized carbons (Fsp3) is 0.333. The van der Waals surface area contributed by atoms with E-state index in [0.29, 0.717) is 5.56 Å². The number of halogens is 2. The van der Waals surface area contributed by atoms with Crippen molar-refractivity contribution in [3.8, 4) is 0 Å². The number of hydrogen-bond acceptors (Lipinski definition) is 3. The Hall–Kier alpha value is -1.78. The van der Waals surface area contributed by atoms with Crippen LogP contribution in [0.2, 0.25) is 0 Å². The lowest BCUT2D eigenvalue weighted by molar-refractivity contribution is -0.153. The van der Waals surface area contributed by atoms with Crippen LogP contribution in [0.4, 0.5) is 8.78 Å². The molecule has 0 saturated heterocycles. The van der Waals surface area contributed by atoms with E-state index >= 15 is 0 Å². The molecule has 0 amide bonds. The van der Waals surface area contributed by atoms with E-state index in [9.17, 15) is 18.4 Å². The molecule has 0 saturated carbocycles. The minimum Gasteiger partial charge on any atom is -0.463 e. The van der Waals surface area contributed by atoms with Crippen LogP contribution in [0.25, 0.3) is 0 Å². The zero-order valence-corrected chi connectivity index (χ0v) is 9.13. The van der Waals surface area contributed by atoms with E-state index < -0.39 is 23.2 Å². The number of Topliss-reactive ketones (excluding diaryl/α,β-unsaturated/α-hetero) is 1. The summed E-state index contributed by atoms with van der Waals surface area (Å²) >= 11 is 0. The van der Waals surface area contributed by atoms with Crippen LogP contribution < -0.4 is 0 Å². The average Bonchev–Trinajstić information content (AvgIpc) is 2.54. The lowest BCUT2D eigenvalue weighted by Gasteiger charge is -2.14. The van der Waals surface area contributed by atoms with Gasteiger partial charge in [-0.1, -0.05) is 6.07 Å². The highest BCUT2D eigenvalue weighted by Crippen LogP contribution is 2.34. The van der Waals surface area contributed by atoms with Gasteiger partial charge in [0.05, 0.1) is 6.61 Å². The van der Waals surface area contributed by atoms with Crippen LogP contribution >= 0.6 is 0 Å². The summed E-state index contributed by atoms with van der Waals surface area (Å²) in [7, 11) is 0. The predicted octanol–water partition coefficient (Wildman–Crippen LogP) is 1.84. The normalized spacial score (nSPS) is 22.4. The number of fused-ring (bicyclic) bond motifs is 1. The first-order chi connectivity index (χ1) is 7.99. The van der Waals surface area contributed by atoms with Crippen molar-refractivity contribution in [1.29, 1.82) is 0 Å². The lowest BCUT2D eigenvalue weighted by atomic mass is 10.0. The summed E-state index contributed by atoms with van der Waals surface area (Å²) in [5.74, 6) is -2.86. The second kappa shape index (κ2) is 3.91. The van der Waals surface area contributed by atoms with Crippen LogP contribution in [-0.4, -0.2) is 24.0 Å². The summed E-state index contributed by atoms with van der Waals surface area (Å²) in [5.41, 5.74) is -2.46. The van der Waals surface area contributed by atoms with Gasteiger partial charge in [0, 0.05) is 12.0 Å². The fourth-order valence-electron chi connectivity index (χ4n) is 1.88. The summed E-state index contributed by atoms with van der Waals surface area (Å²) in [4.78, 5) is 23.2. The molecule has 1 aromatic carbocycles. The second-order valence-corrected chi connectivity index (χ2v) is 3.83. The molecule has 2 rings (SSSR count). The van der Waals surface area contributed by atoms with Gasteiger partial charge in [-0.15, -0.1) is 0 Å². The average molecular weight is 240 g/mol. The number of hydrogen-bond donors (Lipinski definition) is 0. The SMILES string of the molecule is CCOC(=O)[C@@]1(F)Cc2ccc(F)cc2C1=O. The molecule has 3 nitrogen and oxygen atoms in total. The Morgan fingerprint density at radius 3 is 2.88 bits per heavy atom. The van der Waals surface area contributed by atoms with Gasteiger partial charge in [0.1, 0.15) is 5.82 Å². The Morgan fingerprint density at radius 1 is 1.53 bits per heavy atom. The lowest BCUT2D eigenvalue weighted by Crippen LogP contribution is -2.41. The number of ether oxygens (including phenoxy) is 1. The van der Waals surface area contributed by atoms with E-state index in [2.05, 4.69) is 4.74 Å². The molecule has 1 aliphatic rings. The smallest absolute Gasteiger partial charge is 0.352 e. The maximum absolute atomic E-state index is 14.3. The molecule has 1 aromatic rings. The number of carbonyl (C=O) groups excluding carboxylic acids is 2. The van der Waals surface area contributed by atoms with Crippen LogP contribution in [0.1, 0.15) is 22.8 Å². The minimum absolute atomic E-state index is 0.0114. The molecule has 0 fully saturated rings. The van der Waals surface area contributed by atoms with Gasteiger partial charge in [-0.2, -0.15) is 0 Å². The van der Waals surface area contributed by atoms with Crippen molar-refractivity contribution >= 4 is 11.8 Å². The largest absolute Gasteiger partial charge is 0.463 e. The first kappa shape index (κ1) is 11.7. The van der Waals surface area contributed by atoms with Gasteiger partial charge in [0.25, 0.3) is 5.67 Å². The molecule has 0 bridgehead atoms. The van der Waals surface area contributed by atoms with Gasteiger partial charge in [0.15, 0.2) is 0 Å². The highest BCUT2D eigenvalue weighted by atomic mass is 19.1. The molecule has 0 radical (unpaired) electrons. The van der Waals surface area contributed by atoms with Gasteiger partial charge in [-0.05, 0) is 24.6 Å². The highest BCUT2D eigenvalue weighted by molar-refractivity contribution is 6.18. The zero-order valence-electron chi connectivity index (χ0n) is 9.13. The Bertz CT molecular complexity index is 499. The maximum Gasteiger partial charge on any atom is 0.352 e. The van der Waals surface area contributed by atoms with Crippen LogP contribution in [-0.2, 0) is 16.0 Å². The summed E-state index contributed by atoms with van der Waals surface area (Å²) in [6.45, 7) is 1.51. The number of alkyl halides is 1. The van der Waals surface area contributed by atoms with Crippen LogP contribution in [0.5, 0.6) is 0 Å². The van der Waals surface area contributed by atoms with E-state index in [1.54, 1.807) is 0 Å². The van der Waals surface area contributed by atoms with Crippen molar-refractivity contribution in [3.05, 3.63) is 35.1 Å². The van der Waals surface area contributed by atoms with Gasteiger partial charge in [0.2, 0.25) is 5.78 Å². The summed E-state index contributed by atoms with van der Waals surface area (Å²) in [6, 6.07) is 3.38. The molecule has 0 N–H and O–H groups in total. The topological polar surface area (TPSA) is 43.4 Å². The molecule has 0 aliphatic heterocycles. The molecule has 5 heteroatoms. The number of carbonyl (C=O) groups is 2. The molecule has 1 atom stereocenters. The highest BCUT2D eigenvalue weighted by Gasteiger charge is 2.53. The maximum atomic E-state index is 14.3. The van der Waals surface area contributed by atoms with Crippen molar-refractivity contribution < 1.29 is 23.1 Å². The van der Waals surface area contributed by atoms with Crippen molar-refractivity contribution in [3.63, 3.8) is 0 Å². The van der Waals surface area contributed by atoms with Crippen molar-refractivity contribution in [2.24, 2.45) is 0 Å². The van der Waals surface area contributed by atoms with E-state index in [-0.39, 0.29) is 18.6 Å². The molecular weight excluding hydrogens is 230 g/mol. The van der Waals surface area contributed by atoms with E-state index in [0.717, 1.165) is 12.1 Å². The minimum atomic E-state index is -2.70. The molecule has 90 valence electrons. The fourth-order valence-corrected chi connectivity index (χ4v) is 1.88. The van der Waals surface area contributed by atoms with Crippen molar-refractivity contribution in [2.75, 3.05) is 6.61 Å². The molecular formula is C12H10F2O3. The first-order valence-corrected chi connectivity index (χ1v) is 5.18. The van der Waals surface area contributed by atoms with Gasteiger partial charge >= 0.3 is 5.97 Å². The number of rotatable bonds is 2.